The van der Waals surface area contributed by atoms with Crippen LogP contribution < -0.4 is 0 Å². The van der Waals surface area contributed by atoms with Crippen LogP contribution in [0.5, 0.6) is 0 Å². The average molecular weight is 394 g/mol. The average Bonchev–Trinajstić information content (AvgIpc) is 3.09. The van der Waals surface area contributed by atoms with Gasteiger partial charge in [0.25, 0.3) is 5.91 Å². The highest BCUT2D eigenvalue weighted by Gasteiger charge is 2.45. The monoisotopic (exact) mass is 393 g/mol. The summed E-state index contributed by atoms with van der Waals surface area (Å²) in [5, 5.41) is 8.94. The van der Waals surface area contributed by atoms with E-state index in [0.717, 1.165) is 4.90 Å². The highest BCUT2D eigenvalue weighted by molar-refractivity contribution is 7.92. The number of hydrogen-bond acceptors (Lipinski definition) is 4. The molecule has 3 rings (SSSR count). The van der Waals surface area contributed by atoms with Gasteiger partial charge in [0.1, 0.15) is 6.04 Å². The zero-order chi connectivity index (χ0) is 18.9. The van der Waals surface area contributed by atoms with Crippen molar-refractivity contribution in [3.05, 3.63) is 65.2 Å². The summed E-state index contributed by atoms with van der Waals surface area (Å²) >= 11 is 5.81. The highest BCUT2D eigenvalue weighted by Crippen LogP contribution is 2.29. The topological polar surface area (TPSA) is 91.8 Å². The van der Waals surface area contributed by atoms with Crippen molar-refractivity contribution < 1.29 is 23.1 Å². The molecule has 0 aromatic heterocycles. The number of aliphatic carboxylic acids is 1. The van der Waals surface area contributed by atoms with Gasteiger partial charge >= 0.3 is 5.97 Å². The number of carboxylic acids is 1. The number of carboxylic acid groups (broad SMARTS) is 1. The number of carbonyl (C=O) groups is 2. The van der Waals surface area contributed by atoms with Crippen molar-refractivity contribution >= 4 is 33.3 Å². The summed E-state index contributed by atoms with van der Waals surface area (Å²) in [6, 6.07) is 12.7. The van der Waals surface area contributed by atoms with E-state index in [1.54, 1.807) is 18.2 Å². The molecule has 1 aliphatic heterocycles. The Morgan fingerprint density at radius 2 is 1.65 bits per heavy atom. The van der Waals surface area contributed by atoms with Crippen LogP contribution in [0.2, 0.25) is 5.02 Å². The summed E-state index contributed by atoms with van der Waals surface area (Å²) in [6.45, 7) is -0.171. The first kappa shape index (κ1) is 18.4. The van der Waals surface area contributed by atoms with Gasteiger partial charge in [0.15, 0.2) is 9.84 Å². The number of nitrogens with zero attached hydrogens (tertiary/aromatic N) is 1. The number of rotatable bonds is 4. The predicted octanol–water partition coefficient (Wildman–Crippen LogP) is 2.48. The lowest BCUT2D eigenvalue weighted by molar-refractivity contribution is -0.141. The van der Waals surface area contributed by atoms with Crippen LogP contribution >= 0.6 is 11.6 Å². The van der Waals surface area contributed by atoms with Gasteiger partial charge in [-0.25, -0.2) is 13.2 Å². The molecule has 0 spiro atoms. The van der Waals surface area contributed by atoms with E-state index in [1.807, 2.05) is 0 Å². The Hall–Kier alpha value is -2.38. The van der Waals surface area contributed by atoms with Crippen molar-refractivity contribution in [3.63, 3.8) is 0 Å². The maximum absolute atomic E-state index is 12.8. The summed E-state index contributed by atoms with van der Waals surface area (Å²) < 4.78 is 25.6. The van der Waals surface area contributed by atoms with Crippen molar-refractivity contribution in [1.29, 1.82) is 0 Å². The van der Waals surface area contributed by atoms with E-state index in [4.69, 9.17) is 11.6 Å². The smallest absolute Gasteiger partial charge is 0.326 e. The minimum absolute atomic E-state index is 0.120. The zero-order valence-corrected chi connectivity index (χ0v) is 15.2. The molecule has 0 aliphatic carbocycles. The third-order valence-corrected chi connectivity index (χ3v) is 6.81. The summed E-state index contributed by atoms with van der Waals surface area (Å²) in [5.74, 6) is -1.75. The molecular weight excluding hydrogens is 378 g/mol. The Labute approximate surface area is 155 Å². The predicted molar refractivity (Wildman–Crippen MR) is 95.9 cm³/mol. The molecule has 2 aromatic carbocycles. The fraction of sp³-hybridized carbons (Fsp3) is 0.222. The maximum Gasteiger partial charge on any atom is 0.326 e. The molecule has 1 heterocycles. The number of sulfone groups is 1. The van der Waals surface area contributed by atoms with E-state index in [1.165, 1.54) is 36.4 Å². The van der Waals surface area contributed by atoms with Crippen LogP contribution in [-0.4, -0.2) is 48.1 Å². The Bertz CT molecular complexity index is 928. The van der Waals surface area contributed by atoms with E-state index in [9.17, 15) is 23.1 Å². The van der Waals surface area contributed by atoms with E-state index in [0.29, 0.717) is 5.02 Å². The first-order chi connectivity index (χ1) is 12.3. The molecule has 0 bridgehead atoms. The lowest BCUT2D eigenvalue weighted by Crippen LogP contribution is -2.40. The Morgan fingerprint density at radius 3 is 2.23 bits per heavy atom. The number of carbonyl (C=O) groups excluding carboxylic acids is 1. The third-order valence-electron chi connectivity index (χ3n) is 4.41. The van der Waals surface area contributed by atoms with Gasteiger partial charge < -0.3 is 10.0 Å². The standard InChI is InChI=1S/C18H16ClNO5S/c19-13-8-6-12(7-9-13)17(21)20-11-15(10-16(20)18(22)23)26(24,25)14-4-2-1-3-5-14/h1-9,15-16H,10-11H2,(H,22,23)/t15-,16+/m1/s1. The molecule has 6 nitrogen and oxygen atoms in total. The minimum Gasteiger partial charge on any atom is -0.480 e. The number of benzene rings is 2. The van der Waals surface area contributed by atoms with Gasteiger partial charge in [-0.3, -0.25) is 4.79 Å². The Kier molecular flexibility index (Phi) is 5.02. The quantitative estimate of drug-likeness (QED) is 0.861. The van der Waals surface area contributed by atoms with Crippen LogP contribution in [0.25, 0.3) is 0 Å². The second-order valence-corrected chi connectivity index (χ2v) is 8.70. The largest absolute Gasteiger partial charge is 0.480 e. The number of halogens is 1. The number of hydrogen-bond donors (Lipinski definition) is 1. The fourth-order valence-corrected chi connectivity index (χ4v) is 4.88. The van der Waals surface area contributed by atoms with Gasteiger partial charge in [0.05, 0.1) is 10.1 Å². The molecule has 136 valence electrons. The second-order valence-electron chi connectivity index (χ2n) is 6.03. The lowest BCUT2D eigenvalue weighted by Gasteiger charge is -2.21. The molecule has 8 heteroatoms. The number of amides is 1. The van der Waals surface area contributed by atoms with E-state index < -0.39 is 33.0 Å². The SMILES string of the molecule is O=C(O)[C@@H]1C[C@@H](S(=O)(=O)c2ccccc2)CN1C(=O)c1ccc(Cl)cc1. The molecule has 2 aromatic rings. The molecule has 1 saturated heterocycles. The van der Waals surface area contributed by atoms with Crippen molar-refractivity contribution in [1.82, 2.24) is 4.90 Å². The molecule has 1 aliphatic rings. The normalized spacial score (nSPS) is 20.1. The van der Waals surface area contributed by atoms with Crippen LogP contribution in [0, 0.1) is 0 Å². The molecule has 26 heavy (non-hydrogen) atoms. The lowest BCUT2D eigenvalue weighted by atomic mass is 10.1. The fourth-order valence-electron chi connectivity index (χ4n) is 3.04. The Balaban J connectivity index is 1.91. The van der Waals surface area contributed by atoms with Gasteiger partial charge in [-0.05, 0) is 42.8 Å². The van der Waals surface area contributed by atoms with Gasteiger partial charge in [0.2, 0.25) is 0 Å². The summed E-state index contributed by atoms with van der Waals surface area (Å²) in [7, 11) is -3.74. The molecule has 1 fully saturated rings. The summed E-state index contributed by atoms with van der Waals surface area (Å²) in [5.41, 5.74) is 0.262. The molecule has 2 atom stereocenters. The second kappa shape index (κ2) is 7.09. The van der Waals surface area contributed by atoms with Crippen LogP contribution in [0.4, 0.5) is 0 Å². The van der Waals surface area contributed by atoms with Crippen LogP contribution in [0.3, 0.4) is 0 Å². The molecule has 1 amide bonds. The molecule has 0 saturated carbocycles. The molecule has 1 N–H and O–H groups in total. The van der Waals surface area contributed by atoms with E-state index in [-0.39, 0.29) is 23.4 Å². The van der Waals surface area contributed by atoms with Crippen molar-refractivity contribution in [2.24, 2.45) is 0 Å². The minimum atomic E-state index is -3.74. The molecule has 0 radical (unpaired) electrons. The molecular formula is C18H16ClNO5S. The maximum atomic E-state index is 12.8. The van der Waals surface area contributed by atoms with Crippen molar-refractivity contribution in [3.8, 4) is 0 Å². The zero-order valence-electron chi connectivity index (χ0n) is 13.6. The van der Waals surface area contributed by atoms with Crippen LogP contribution in [-0.2, 0) is 14.6 Å². The van der Waals surface area contributed by atoms with Crippen LogP contribution in [0.1, 0.15) is 16.8 Å². The summed E-state index contributed by atoms with van der Waals surface area (Å²) in [4.78, 5) is 25.5. The van der Waals surface area contributed by atoms with Gasteiger partial charge in [-0.1, -0.05) is 29.8 Å². The Morgan fingerprint density at radius 1 is 1.04 bits per heavy atom. The summed E-state index contributed by atoms with van der Waals surface area (Å²) in [6.07, 6.45) is -0.147. The van der Waals surface area contributed by atoms with E-state index in [2.05, 4.69) is 0 Å². The third kappa shape index (κ3) is 3.45. The highest BCUT2D eigenvalue weighted by atomic mass is 35.5. The first-order valence-corrected chi connectivity index (χ1v) is 9.81. The number of likely N-dealkylation sites (tertiary alicyclic amines) is 1. The van der Waals surface area contributed by atoms with Gasteiger partial charge in [-0.2, -0.15) is 0 Å². The molecule has 0 unspecified atom stereocenters. The first-order valence-electron chi connectivity index (χ1n) is 7.89. The van der Waals surface area contributed by atoms with Crippen molar-refractivity contribution in [2.45, 2.75) is 22.6 Å². The van der Waals surface area contributed by atoms with Gasteiger partial charge in [0, 0.05) is 17.1 Å². The van der Waals surface area contributed by atoms with Gasteiger partial charge in [-0.15, -0.1) is 0 Å². The van der Waals surface area contributed by atoms with E-state index >= 15 is 0 Å². The van der Waals surface area contributed by atoms with Crippen molar-refractivity contribution in [2.75, 3.05) is 6.54 Å². The van der Waals surface area contributed by atoms with Crippen LogP contribution in [0.15, 0.2) is 59.5 Å².